The number of aliphatic hydroxyl groups excluding tert-OH is 1. The summed E-state index contributed by atoms with van der Waals surface area (Å²) < 4.78 is 6.67. The third kappa shape index (κ3) is 2.35. The summed E-state index contributed by atoms with van der Waals surface area (Å²) in [6.07, 6.45) is 0.0837. The van der Waals surface area contributed by atoms with Crippen LogP contribution in [0.1, 0.15) is 41.6 Å². The Labute approximate surface area is 171 Å². The number of pyridine rings is 2. The third-order valence-electron chi connectivity index (χ3n) is 6.21. The fourth-order valence-electron chi connectivity index (χ4n) is 4.57. The Morgan fingerprint density at radius 1 is 1.30 bits per heavy atom. The van der Waals surface area contributed by atoms with Gasteiger partial charge in [0.2, 0.25) is 0 Å². The second kappa shape index (κ2) is 6.46. The van der Waals surface area contributed by atoms with E-state index in [9.17, 15) is 19.8 Å². The van der Waals surface area contributed by atoms with Gasteiger partial charge in [-0.1, -0.05) is 25.1 Å². The summed E-state index contributed by atoms with van der Waals surface area (Å²) in [7, 11) is 0. The first kappa shape index (κ1) is 18.9. The normalized spacial score (nSPS) is 20.5. The summed E-state index contributed by atoms with van der Waals surface area (Å²) in [6.45, 7) is 1.49. The number of para-hydroxylation sites is 1. The molecule has 3 aromatic rings. The van der Waals surface area contributed by atoms with Crippen LogP contribution in [0.5, 0.6) is 0 Å². The first-order chi connectivity index (χ1) is 14.4. The minimum atomic E-state index is -1.87. The van der Waals surface area contributed by atoms with Crippen LogP contribution in [0.3, 0.4) is 0 Å². The van der Waals surface area contributed by atoms with Crippen molar-refractivity contribution in [1.29, 1.82) is 0 Å². The lowest BCUT2D eigenvalue weighted by Gasteiger charge is -2.31. The molecule has 4 heterocycles. The predicted molar refractivity (Wildman–Crippen MR) is 109 cm³/mol. The molecule has 2 atom stereocenters. The van der Waals surface area contributed by atoms with Crippen LogP contribution in [0.2, 0.25) is 0 Å². The number of carbonyl (C=O) groups is 1. The van der Waals surface area contributed by atoms with E-state index in [0.29, 0.717) is 16.9 Å². The van der Waals surface area contributed by atoms with E-state index in [4.69, 9.17) is 15.5 Å². The Hall–Kier alpha value is -3.07. The molecule has 5 rings (SSSR count). The number of carbonyl (C=O) groups excluding carboxylic acids is 1. The number of hydrogen-bond donors (Lipinski definition) is 3. The molecular weight excluding hydrogens is 386 g/mol. The number of nitrogens with zero attached hydrogens (tertiary/aromatic N) is 2. The topological polar surface area (TPSA) is 128 Å². The zero-order valence-electron chi connectivity index (χ0n) is 16.4. The summed E-state index contributed by atoms with van der Waals surface area (Å²) in [5.41, 5.74) is 7.89. The maximum atomic E-state index is 13.3. The highest BCUT2D eigenvalue weighted by atomic mass is 16.6. The average molecular weight is 407 g/mol. The fraction of sp³-hybridized carbons (Fsp3) is 0.318. The van der Waals surface area contributed by atoms with E-state index < -0.39 is 17.6 Å². The number of nitrogens with two attached hydrogens (primary N) is 1. The number of aliphatic hydroxyl groups is 2. The molecule has 0 saturated heterocycles. The molecule has 0 spiro atoms. The van der Waals surface area contributed by atoms with Gasteiger partial charge >= 0.3 is 5.97 Å². The van der Waals surface area contributed by atoms with Crippen molar-refractivity contribution < 1.29 is 19.7 Å². The van der Waals surface area contributed by atoms with E-state index in [1.807, 2.05) is 24.3 Å². The van der Waals surface area contributed by atoms with Crippen molar-refractivity contribution in [2.45, 2.75) is 38.1 Å². The lowest BCUT2D eigenvalue weighted by Crippen LogP contribution is -2.44. The highest BCUT2D eigenvalue weighted by Gasteiger charge is 2.45. The van der Waals surface area contributed by atoms with Crippen molar-refractivity contribution in [1.82, 2.24) is 9.55 Å². The van der Waals surface area contributed by atoms with E-state index >= 15 is 0 Å². The molecule has 154 valence electrons. The number of rotatable bonds is 3. The molecule has 0 radical (unpaired) electrons. The summed E-state index contributed by atoms with van der Waals surface area (Å²) in [5, 5.41) is 21.5. The van der Waals surface area contributed by atoms with E-state index in [-0.39, 0.29) is 42.9 Å². The molecular formula is C22H21N3O5. The maximum Gasteiger partial charge on any atom is 0.343 e. The van der Waals surface area contributed by atoms with E-state index in [2.05, 4.69) is 0 Å². The van der Waals surface area contributed by atoms with Crippen LogP contribution in [0.15, 0.2) is 35.1 Å². The van der Waals surface area contributed by atoms with Gasteiger partial charge in [0.1, 0.15) is 6.61 Å². The number of benzene rings is 1. The lowest BCUT2D eigenvalue weighted by molar-refractivity contribution is -0.172. The van der Waals surface area contributed by atoms with Gasteiger partial charge in [-0.25, -0.2) is 9.78 Å². The second-order valence-electron chi connectivity index (χ2n) is 7.76. The molecule has 1 aromatic carbocycles. The third-order valence-corrected chi connectivity index (χ3v) is 6.21. The maximum absolute atomic E-state index is 13.3. The Morgan fingerprint density at radius 3 is 2.80 bits per heavy atom. The molecule has 1 unspecified atom stereocenters. The van der Waals surface area contributed by atoms with Crippen molar-refractivity contribution in [3.8, 4) is 11.4 Å². The second-order valence-corrected chi connectivity index (χ2v) is 7.76. The Morgan fingerprint density at radius 2 is 2.07 bits per heavy atom. The average Bonchev–Trinajstić information content (AvgIpc) is 3.13. The molecule has 2 aliphatic heterocycles. The molecule has 8 heteroatoms. The van der Waals surface area contributed by atoms with Crippen molar-refractivity contribution >= 4 is 16.9 Å². The van der Waals surface area contributed by atoms with Crippen molar-refractivity contribution in [3.63, 3.8) is 0 Å². The van der Waals surface area contributed by atoms with Gasteiger partial charge in [0.15, 0.2) is 5.60 Å². The minimum Gasteiger partial charge on any atom is -0.458 e. The molecule has 2 aliphatic rings. The number of fused-ring (bicyclic) bond motifs is 5. The highest BCUT2D eigenvalue weighted by Crippen LogP contribution is 2.41. The number of ether oxygens (including phenoxy) is 1. The monoisotopic (exact) mass is 407 g/mol. The zero-order chi connectivity index (χ0) is 21.2. The smallest absolute Gasteiger partial charge is 0.343 e. The SMILES string of the molecule is CC[C@@]1(O)C(=O)OCc2c1cc1n(c2=O)Cc2c-1nc1ccccc1c2C(N)CO. The first-order valence-electron chi connectivity index (χ1n) is 9.85. The van der Waals surface area contributed by atoms with Gasteiger partial charge in [-0.2, -0.15) is 0 Å². The van der Waals surface area contributed by atoms with Crippen LogP contribution in [0.25, 0.3) is 22.3 Å². The van der Waals surface area contributed by atoms with Crippen LogP contribution in [0, 0.1) is 0 Å². The summed E-state index contributed by atoms with van der Waals surface area (Å²) in [4.78, 5) is 30.3. The predicted octanol–water partition coefficient (Wildman–Crippen LogP) is 1.07. The zero-order valence-corrected chi connectivity index (χ0v) is 16.4. The molecule has 0 saturated carbocycles. The lowest BCUT2D eigenvalue weighted by atomic mass is 9.86. The van der Waals surface area contributed by atoms with Gasteiger partial charge in [0, 0.05) is 16.5 Å². The van der Waals surface area contributed by atoms with Gasteiger partial charge in [-0.3, -0.25) is 4.79 Å². The van der Waals surface area contributed by atoms with Gasteiger partial charge in [0.05, 0.1) is 41.7 Å². The quantitative estimate of drug-likeness (QED) is 0.434. The fourth-order valence-corrected chi connectivity index (χ4v) is 4.57. The van der Waals surface area contributed by atoms with E-state index in [1.54, 1.807) is 17.6 Å². The summed E-state index contributed by atoms with van der Waals surface area (Å²) in [6, 6.07) is 8.51. The van der Waals surface area contributed by atoms with Gasteiger partial charge in [-0.15, -0.1) is 0 Å². The van der Waals surface area contributed by atoms with Crippen molar-refractivity contribution in [3.05, 3.63) is 62.9 Å². The molecule has 2 aromatic heterocycles. The largest absolute Gasteiger partial charge is 0.458 e. The number of cyclic esters (lactones) is 1. The van der Waals surface area contributed by atoms with Gasteiger partial charge in [0.25, 0.3) is 5.56 Å². The molecule has 0 aliphatic carbocycles. The number of aromatic nitrogens is 2. The van der Waals surface area contributed by atoms with Gasteiger partial charge < -0.3 is 25.3 Å². The molecule has 4 N–H and O–H groups in total. The van der Waals surface area contributed by atoms with Crippen LogP contribution in [-0.4, -0.2) is 32.3 Å². The molecule has 0 amide bonds. The molecule has 0 fully saturated rings. The van der Waals surface area contributed by atoms with Crippen molar-refractivity contribution in [2.24, 2.45) is 5.73 Å². The summed E-state index contributed by atoms with van der Waals surface area (Å²) >= 11 is 0. The molecule has 30 heavy (non-hydrogen) atoms. The number of esters is 1. The molecule has 0 bridgehead atoms. The Balaban J connectivity index is 1.84. The van der Waals surface area contributed by atoms with Gasteiger partial charge in [-0.05, 0) is 24.1 Å². The van der Waals surface area contributed by atoms with Crippen LogP contribution >= 0.6 is 0 Å². The van der Waals surface area contributed by atoms with E-state index in [0.717, 1.165) is 16.5 Å². The van der Waals surface area contributed by atoms with Crippen LogP contribution in [0.4, 0.5) is 0 Å². The Kier molecular flexibility index (Phi) is 4.08. The van der Waals surface area contributed by atoms with E-state index in [1.165, 1.54) is 0 Å². The summed E-state index contributed by atoms with van der Waals surface area (Å²) in [5.74, 6) is -0.755. The Bertz CT molecular complexity index is 1280. The molecule has 8 nitrogen and oxygen atoms in total. The first-order valence-corrected chi connectivity index (χ1v) is 9.85. The van der Waals surface area contributed by atoms with Crippen LogP contribution < -0.4 is 11.3 Å². The highest BCUT2D eigenvalue weighted by molar-refractivity contribution is 5.89. The van der Waals surface area contributed by atoms with Crippen LogP contribution in [-0.2, 0) is 28.3 Å². The van der Waals surface area contributed by atoms with Crippen molar-refractivity contribution in [2.75, 3.05) is 6.61 Å². The standard InChI is InChI=1S/C22H21N3O5/c1-2-22(29)14-7-17-19-12(8-25(17)20(27)13(14)10-30-21(22)28)18(15(23)9-26)11-5-3-4-6-16(11)24-19/h3-7,15,26,29H,2,8-10,23H2,1H3/t15?,22-/m0/s1. The number of hydrogen-bond acceptors (Lipinski definition) is 7. The minimum absolute atomic E-state index is 0.0837.